The standard InChI is InChI=1S/C12H19IN4.CH2O2/c1-12(2,3)17-6-4-16(5-7-17)11-14-8-10(13)9-15-11;2-1-3/h8-9H,4-7H2,1-3H3;1H,(H,2,3). The smallest absolute Gasteiger partial charge is 0.290 e. The number of carbonyl (C=O) groups is 1. The van der Waals surface area contributed by atoms with Crippen molar-refractivity contribution in [2.45, 2.75) is 26.3 Å². The van der Waals surface area contributed by atoms with E-state index in [4.69, 9.17) is 9.90 Å². The Bertz CT molecular complexity index is 411. The summed E-state index contributed by atoms with van der Waals surface area (Å²) in [7, 11) is 0. The molecule has 0 bridgehead atoms. The van der Waals surface area contributed by atoms with E-state index in [1.54, 1.807) is 0 Å². The van der Waals surface area contributed by atoms with E-state index in [0.29, 0.717) is 0 Å². The zero-order chi connectivity index (χ0) is 15.2. The van der Waals surface area contributed by atoms with Crippen LogP contribution in [0.5, 0.6) is 0 Å². The second-order valence-corrected chi connectivity index (χ2v) is 6.70. The predicted octanol–water partition coefficient (Wildman–Crippen LogP) is 1.70. The van der Waals surface area contributed by atoms with E-state index >= 15 is 0 Å². The molecule has 0 saturated carbocycles. The largest absolute Gasteiger partial charge is 0.483 e. The van der Waals surface area contributed by atoms with Crippen molar-refractivity contribution < 1.29 is 9.90 Å². The molecular formula is C13H21IN4O2. The summed E-state index contributed by atoms with van der Waals surface area (Å²) in [6, 6.07) is 0. The zero-order valence-corrected chi connectivity index (χ0v) is 14.2. The van der Waals surface area contributed by atoms with E-state index in [1.807, 2.05) is 12.4 Å². The third-order valence-corrected chi connectivity index (χ3v) is 3.67. The number of carboxylic acid groups (broad SMARTS) is 1. The summed E-state index contributed by atoms with van der Waals surface area (Å²) in [5.41, 5.74) is 0.263. The van der Waals surface area contributed by atoms with Gasteiger partial charge in [0.15, 0.2) is 0 Å². The van der Waals surface area contributed by atoms with Crippen molar-refractivity contribution in [2.75, 3.05) is 31.1 Å². The zero-order valence-electron chi connectivity index (χ0n) is 12.1. The van der Waals surface area contributed by atoms with Gasteiger partial charge in [-0.3, -0.25) is 9.69 Å². The summed E-state index contributed by atoms with van der Waals surface area (Å²) in [5.74, 6) is 0.860. The Hall–Kier alpha value is -0.960. The summed E-state index contributed by atoms with van der Waals surface area (Å²) in [5, 5.41) is 6.89. The first-order valence-electron chi connectivity index (χ1n) is 6.44. The highest BCUT2D eigenvalue weighted by Crippen LogP contribution is 2.18. The first-order chi connectivity index (χ1) is 9.38. The highest BCUT2D eigenvalue weighted by molar-refractivity contribution is 14.1. The number of rotatable bonds is 1. The molecule has 0 unspecified atom stereocenters. The minimum Gasteiger partial charge on any atom is -0.483 e. The molecule has 1 fully saturated rings. The number of piperazine rings is 1. The summed E-state index contributed by atoms with van der Waals surface area (Å²) in [6.45, 7) is 10.7. The number of nitrogens with zero attached hydrogens (tertiary/aromatic N) is 4. The monoisotopic (exact) mass is 392 g/mol. The Kier molecular flexibility index (Phi) is 6.60. The van der Waals surface area contributed by atoms with Crippen molar-refractivity contribution in [2.24, 2.45) is 0 Å². The van der Waals surface area contributed by atoms with Crippen LogP contribution in [-0.2, 0) is 4.79 Å². The first kappa shape index (κ1) is 17.1. The van der Waals surface area contributed by atoms with Gasteiger partial charge in [0.1, 0.15) is 0 Å². The fourth-order valence-corrected chi connectivity index (χ4v) is 2.32. The Morgan fingerprint density at radius 1 is 1.20 bits per heavy atom. The van der Waals surface area contributed by atoms with Gasteiger partial charge in [-0.25, -0.2) is 9.97 Å². The molecule has 1 N–H and O–H groups in total. The average Bonchev–Trinajstić information content (AvgIpc) is 2.40. The van der Waals surface area contributed by atoms with Crippen LogP contribution in [0.15, 0.2) is 12.4 Å². The van der Waals surface area contributed by atoms with Crippen LogP contribution in [-0.4, -0.2) is 58.2 Å². The highest BCUT2D eigenvalue weighted by atomic mass is 127. The Labute approximate surface area is 133 Å². The van der Waals surface area contributed by atoms with Gasteiger partial charge in [-0.1, -0.05) is 0 Å². The van der Waals surface area contributed by atoms with E-state index < -0.39 is 0 Å². The minimum atomic E-state index is -0.250. The maximum atomic E-state index is 8.36. The normalized spacial score (nSPS) is 16.3. The number of hydrogen-bond acceptors (Lipinski definition) is 5. The summed E-state index contributed by atoms with van der Waals surface area (Å²) < 4.78 is 1.08. The lowest BCUT2D eigenvalue weighted by Gasteiger charge is -2.42. The van der Waals surface area contributed by atoms with E-state index in [9.17, 15) is 0 Å². The van der Waals surface area contributed by atoms with Crippen LogP contribution < -0.4 is 4.90 Å². The average molecular weight is 392 g/mol. The maximum Gasteiger partial charge on any atom is 0.290 e. The lowest BCUT2D eigenvalue weighted by Crippen LogP contribution is -2.53. The molecule has 0 aromatic carbocycles. The Morgan fingerprint density at radius 3 is 2.05 bits per heavy atom. The van der Waals surface area contributed by atoms with Crippen molar-refractivity contribution >= 4 is 35.0 Å². The van der Waals surface area contributed by atoms with Crippen LogP contribution in [0.4, 0.5) is 5.95 Å². The van der Waals surface area contributed by atoms with Gasteiger partial charge in [0, 0.05) is 47.7 Å². The maximum absolute atomic E-state index is 8.36. The fourth-order valence-electron chi connectivity index (χ4n) is 2.05. The van der Waals surface area contributed by atoms with Crippen molar-refractivity contribution in [1.29, 1.82) is 0 Å². The second kappa shape index (κ2) is 7.72. The lowest BCUT2D eigenvalue weighted by molar-refractivity contribution is -0.122. The van der Waals surface area contributed by atoms with Gasteiger partial charge in [-0.05, 0) is 43.4 Å². The number of hydrogen-bond donors (Lipinski definition) is 1. The van der Waals surface area contributed by atoms with Gasteiger partial charge in [0.2, 0.25) is 5.95 Å². The van der Waals surface area contributed by atoms with Crippen LogP contribution in [0.2, 0.25) is 0 Å². The predicted molar refractivity (Wildman–Crippen MR) is 87.0 cm³/mol. The second-order valence-electron chi connectivity index (χ2n) is 5.45. The molecule has 2 heterocycles. The fraction of sp³-hybridized carbons (Fsp3) is 0.615. The van der Waals surface area contributed by atoms with E-state index in [-0.39, 0.29) is 12.0 Å². The van der Waals surface area contributed by atoms with Crippen molar-refractivity contribution in [3.8, 4) is 0 Å². The molecule has 1 aliphatic heterocycles. The van der Waals surface area contributed by atoms with Crippen LogP contribution in [0, 0.1) is 3.57 Å². The third-order valence-electron chi connectivity index (χ3n) is 3.12. The molecule has 2 rings (SSSR count). The van der Waals surface area contributed by atoms with Crippen molar-refractivity contribution in [1.82, 2.24) is 14.9 Å². The molecule has 0 atom stereocenters. The van der Waals surface area contributed by atoms with Crippen LogP contribution >= 0.6 is 22.6 Å². The van der Waals surface area contributed by atoms with Gasteiger partial charge in [0.05, 0.1) is 0 Å². The molecular weight excluding hydrogens is 371 g/mol. The Balaban J connectivity index is 0.000000612. The van der Waals surface area contributed by atoms with Gasteiger partial charge in [0.25, 0.3) is 6.47 Å². The Morgan fingerprint density at radius 2 is 1.65 bits per heavy atom. The van der Waals surface area contributed by atoms with Gasteiger partial charge >= 0.3 is 0 Å². The molecule has 0 aliphatic carbocycles. The van der Waals surface area contributed by atoms with E-state index in [0.717, 1.165) is 35.7 Å². The quantitative estimate of drug-likeness (QED) is 0.580. The highest BCUT2D eigenvalue weighted by Gasteiger charge is 2.26. The molecule has 20 heavy (non-hydrogen) atoms. The van der Waals surface area contributed by atoms with Crippen LogP contribution in [0.3, 0.4) is 0 Å². The lowest BCUT2D eigenvalue weighted by atomic mass is 10.1. The van der Waals surface area contributed by atoms with Crippen LogP contribution in [0.1, 0.15) is 20.8 Å². The number of halogens is 1. The molecule has 6 nitrogen and oxygen atoms in total. The van der Waals surface area contributed by atoms with Crippen molar-refractivity contribution in [3.63, 3.8) is 0 Å². The number of aromatic nitrogens is 2. The first-order valence-corrected chi connectivity index (χ1v) is 7.51. The minimum absolute atomic E-state index is 0.250. The molecule has 1 aliphatic rings. The van der Waals surface area contributed by atoms with Gasteiger partial charge in [-0.2, -0.15) is 0 Å². The van der Waals surface area contributed by atoms with Gasteiger partial charge in [-0.15, -0.1) is 0 Å². The molecule has 112 valence electrons. The molecule has 0 radical (unpaired) electrons. The van der Waals surface area contributed by atoms with Crippen LogP contribution in [0.25, 0.3) is 0 Å². The van der Waals surface area contributed by atoms with E-state index in [2.05, 4.69) is 63.1 Å². The molecule has 0 spiro atoms. The van der Waals surface area contributed by atoms with Gasteiger partial charge < -0.3 is 10.0 Å². The molecule has 7 heteroatoms. The summed E-state index contributed by atoms with van der Waals surface area (Å²) in [6.07, 6.45) is 3.75. The van der Waals surface area contributed by atoms with E-state index in [1.165, 1.54) is 0 Å². The molecule has 1 saturated heterocycles. The summed E-state index contributed by atoms with van der Waals surface area (Å²) >= 11 is 2.23. The molecule has 1 aromatic rings. The topological polar surface area (TPSA) is 69.6 Å². The number of anilines is 1. The SMILES string of the molecule is CC(C)(C)N1CCN(c2ncc(I)cn2)CC1.O=CO. The van der Waals surface area contributed by atoms with Crippen molar-refractivity contribution in [3.05, 3.63) is 16.0 Å². The molecule has 1 aromatic heterocycles. The molecule has 0 amide bonds. The third kappa shape index (κ3) is 5.20. The summed E-state index contributed by atoms with van der Waals surface area (Å²) in [4.78, 5) is 21.9.